The van der Waals surface area contributed by atoms with E-state index >= 15 is 0 Å². The van der Waals surface area contributed by atoms with Crippen LogP contribution in [0.4, 0.5) is 0 Å². The maximum Gasteiger partial charge on any atom is 0.322 e. The van der Waals surface area contributed by atoms with E-state index in [2.05, 4.69) is 19.6 Å². The van der Waals surface area contributed by atoms with E-state index in [0.717, 1.165) is 18.9 Å². The molecule has 0 amide bonds. The van der Waals surface area contributed by atoms with Crippen LogP contribution in [0.3, 0.4) is 0 Å². The van der Waals surface area contributed by atoms with E-state index in [0.29, 0.717) is 19.6 Å². The molecule has 1 atom stereocenters. The van der Waals surface area contributed by atoms with E-state index in [1.54, 1.807) is 0 Å². The van der Waals surface area contributed by atoms with Crippen molar-refractivity contribution < 1.29 is 9.53 Å². The first-order valence-corrected chi connectivity index (χ1v) is 9.70. The summed E-state index contributed by atoms with van der Waals surface area (Å²) < 4.78 is 5.15. The minimum Gasteiger partial charge on any atom is -0.465 e. The Labute approximate surface area is 99.7 Å². The molecule has 0 fully saturated rings. The average Bonchev–Trinajstić information content (AvgIpc) is 2.15. The van der Waals surface area contributed by atoms with Crippen LogP contribution >= 0.6 is 0 Å². The molecule has 0 aliphatic carbocycles. The number of carbonyl (C=O) groups is 1. The van der Waals surface area contributed by atoms with Gasteiger partial charge in [0, 0.05) is 8.07 Å². The molecule has 0 bridgehead atoms. The standard InChI is InChI=1S/C11H26N2O2Si/c1-16(2,3)9-8-15-11(14)10(13)6-4-5-7-12/h10H,4-9,12-13H2,1-3H3/t10-/m0/s1. The lowest BCUT2D eigenvalue weighted by atomic mass is 10.1. The Bertz CT molecular complexity index is 205. The van der Waals surface area contributed by atoms with Crippen molar-refractivity contribution in [1.82, 2.24) is 0 Å². The molecule has 0 rings (SSSR count). The molecule has 0 aromatic heterocycles. The van der Waals surface area contributed by atoms with Crippen LogP contribution in [0.5, 0.6) is 0 Å². The highest BCUT2D eigenvalue weighted by Crippen LogP contribution is 2.08. The Kier molecular flexibility index (Phi) is 7.62. The van der Waals surface area contributed by atoms with E-state index in [4.69, 9.17) is 16.2 Å². The van der Waals surface area contributed by atoms with Crippen LogP contribution in [0.25, 0.3) is 0 Å². The Morgan fingerprint density at radius 3 is 2.44 bits per heavy atom. The minimum absolute atomic E-state index is 0.268. The molecule has 4 N–H and O–H groups in total. The first-order valence-electron chi connectivity index (χ1n) is 5.99. The maximum atomic E-state index is 11.5. The van der Waals surface area contributed by atoms with Gasteiger partial charge in [-0.3, -0.25) is 4.79 Å². The summed E-state index contributed by atoms with van der Waals surface area (Å²) in [7, 11) is -1.12. The smallest absolute Gasteiger partial charge is 0.322 e. The number of unbranched alkanes of at least 4 members (excludes halogenated alkanes) is 1. The zero-order valence-corrected chi connectivity index (χ0v) is 11.8. The molecule has 96 valence electrons. The van der Waals surface area contributed by atoms with E-state index in [9.17, 15) is 4.79 Å². The van der Waals surface area contributed by atoms with Gasteiger partial charge in [-0.2, -0.15) is 0 Å². The first-order chi connectivity index (χ1) is 7.37. The molecule has 4 nitrogen and oxygen atoms in total. The van der Waals surface area contributed by atoms with Gasteiger partial charge in [0.25, 0.3) is 0 Å². The van der Waals surface area contributed by atoms with Crippen LogP contribution in [0.15, 0.2) is 0 Å². The summed E-state index contributed by atoms with van der Waals surface area (Å²) in [5.74, 6) is -0.268. The molecule has 0 aliphatic rings. The number of hydrogen-bond acceptors (Lipinski definition) is 4. The largest absolute Gasteiger partial charge is 0.465 e. The van der Waals surface area contributed by atoms with Gasteiger partial charge >= 0.3 is 5.97 Å². The topological polar surface area (TPSA) is 78.3 Å². The molecule has 0 spiro atoms. The highest BCUT2D eigenvalue weighted by atomic mass is 28.3. The molecule has 0 aliphatic heterocycles. The molecular formula is C11H26N2O2Si. The monoisotopic (exact) mass is 246 g/mol. The molecule has 0 aromatic rings. The Morgan fingerprint density at radius 1 is 1.31 bits per heavy atom. The van der Waals surface area contributed by atoms with Crippen molar-refractivity contribution in [3.8, 4) is 0 Å². The maximum absolute atomic E-state index is 11.5. The second-order valence-electron chi connectivity index (χ2n) is 5.37. The summed E-state index contributed by atoms with van der Waals surface area (Å²) in [6.45, 7) is 7.92. The zero-order valence-electron chi connectivity index (χ0n) is 10.8. The van der Waals surface area contributed by atoms with Crippen molar-refractivity contribution in [2.24, 2.45) is 11.5 Å². The highest BCUT2D eigenvalue weighted by molar-refractivity contribution is 6.76. The van der Waals surface area contributed by atoms with E-state index in [1.165, 1.54) is 0 Å². The van der Waals surface area contributed by atoms with Gasteiger partial charge in [-0.1, -0.05) is 26.1 Å². The van der Waals surface area contributed by atoms with Crippen molar-refractivity contribution >= 4 is 14.0 Å². The van der Waals surface area contributed by atoms with Crippen molar-refractivity contribution in [1.29, 1.82) is 0 Å². The van der Waals surface area contributed by atoms with E-state index in [1.807, 2.05) is 0 Å². The van der Waals surface area contributed by atoms with Crippen molar-refractivity contribution in [3.63, 3.8) is 0 Å². The zero-order chi connectivity index (χ0) is 12.6. The Hall–Kier alpha value is -0.393. The fourth-order valence-corrected chi connectivity index (χ4v) is 1.91. The van der Waals surface area contributed by atoms with Crippen LogP contribution < -0.4 is 11.5 Å². The molecular weight excluding hydrogens is 220 g/mol. The second-order valence-corrected chi connectivity index (χ2v) is 11.0. The molecule has 0 unspecified atom stereocenters. The fourth-order valence-electron chi connectivity index (χ4n) is 1.19. The van der Waals surface area contributed by atoms with Crippen molar-refractivity contribution in [2.75, 3.05) is 13.2 Å². The normalized spacial score (nSPS) is 13.6. The lowest BCUT2D eigenvalue weighted by Crippen LogP contribution is -2.33. The number of hydrogen-bond donors (Lipinski definition) is 2. The van der Waals surface area contributed by atoms with Gasteiger partial charge in [0.05, 0.1) is 6.61 Å². The van der Waals surface area contributed by atoms with Gasteiger partial charge in [0.15, 0.2) is 0 Å². The van der Waals surface area contributed by atoms with Crippen LogP contribution in [0, 0.1) is 0 Å². The Morgan fingerprint density at radius 2 is 1.94 bits per heavy atom. The predicted octanol–water partition coefficient (Wildman–Crippen LogP) is 1.32. The van der Waals surface area contributed by atoms with Crippen molar-refractivity contribution in [2.45, 2.75) is 51.0 Å². The van der Waals surface area contributed by atoms with Crippen LogP contribution in [0.1, 0.15) is 19.3 Å². The van der Waals surface area contributed by atoms with Gasteiger partial charge in [-0.05, 0) is 25.4 Å². The summed E-state index contributed by atoms with van der Waals surface area (Å²) in [5, 5.41) is 0. The SMILES string of the molecule is C[Si](C)(C)CCOC(=O)[C@@H](N)CCCCN. The summed E-state index contributed by atoms with van der Waals surface area (Å²) in [6.07, 6.45) is 2.47. The average molecular weight is 246 g/mol. The van der Waals surface area contributed by atoms with Crippen molar-refractivity contribution in [3.05, 3.63) is 0 Å². The number of rotatable bonds is 8. The van der Waals surface area contributed by atoms with Gasteiger partial charge in [0.2, 0.25) is 0 Å². The molecule has 16 heavy (non-hydrogen) atoms. The van der Waals surface area contributed by atoms with Crippen LogP contribution in [-0.4, -0.2) is 33.2 Å². The van der Waals surface area contributed by atoms with Gasteiger partial charge in [0.1, 0.15) is 6.04 Å². The molecule has 0 saturated heterocycles. The third-order valence-electron chi connectivity index (χ3n) is 2.37. The minimum atomic E-state index is -1.12. The lowest BCUT2D eigenvalue weighted by molar-refractivity contribution is -0.144. The van der Waals surface area contributed by atoms with E-state index in [-0.39, 0.29) is 5.97 Å². The molecule has 0 saturated carbocycles. The Balaban J connectivity index is 3.63. The van der Waals surface area contributed by atoms with Gasteiger partial charge in [-0.15, -0.1) is 0 Å². The molecule has 0 aromatic carbocycles. The fraction of sp³-hybridized carbons (Fsp3) is 0.909. The quantitative estimate of drug-likeness (QED) is 0.385. The third kappa shape index (κ3) is 8.88. The van der Waals surface area contributed by atoms with Gasteiger partial charge in [-0.25, -0.2) is 0 Å². The number of carbonyl (C=O) groups excluding carboxylic acids is 1. The second kappa shape index (κ2) is 7.81. The lowest BCUT2D eigenvalue weighted by Gasteiger charge is -2.16. The molecule has 0 heterocycles. The number of nitrogens with two attached hydrogens (primary N) is 2. The number of ether oxygens (including phenoxy) is 1. The molecule has 0 radical (unpaired) electrons. The van der Waals surface area contributed by atoms with Gasteiger partial charge < -0.3 is 16.2 Å². The number of esters is 1. The summed E-state index contributed by atoms with van der Waals surface area (Å²) in [6, 6.07) is 0.516. The van der Waals surface area contributed by atoms with Crippen LogP contribution in [0.2, 0.25) is 25.7 Å². The van der Waals surface area contributed by atoms with E-state index < -0.39 is 14.1 Å². The third-order valence-corrected chi connectivity index (χ3v) is 4.07. The highest BCUT2D eigenvalue weighted by Gasteiger charge is 2.17. The molecule has 5 heteroatoms. The first kappa shape index (κ1) is 15.6. The summed E-state index contributed by atoms with van der Waals surface area (Å²) in [4.78, 5) is 11.5. The van der Waals surface area contributed by atoms with Crippen LogP contribution in [-0.2, 0) is 9.53 Å². The predicted molar refractivity (Wildman–Crippen MR) is 70.0 cm³/mol. The summed E-state index contributed by atoms with van der Waals surface area (Å²) in [5.41, 5.74) is 11.1. The summed E-state index contributed by atoms with van der Waals surface area (Å²) >= 11 is 0.